The number of rotatable bonds is 5. The van der Waals surface area contributed by atoms with Gasteiger partial charge in [0.1, 0.15) is 0 Å². The van der Waals surface area contributed by atoms with Crippen LogP contribution in [0.4, 0.5) is 0 Å². The molecule has 108 valence electrons. The monoisotopic (exact) mass is 274 g/mol. The molecule has 0 aliphatic rings. The summed E-state index contributed by atoms with van der Waals surface area (Å²) in [7, 11) is 1.96. The second-order valence-electron chi connectivity index (χ2n) is 5.35. The molecule has 0 unspecified atom stereocenters. The highest BCUT2D eigenvalue weighted by molar-refractivity contribution is 5.98. The minimum Gasteiger partial charge on any atom is -0.394 e. The summed E-state index contributed by atoms with van der Waals surface area (Å²) in [5.74, 6) is 0.121. The van der Waals surface area contributed by atoms with Gasteiger partial charge in [-0.3, -0.25) is 4.79 Å². The first kappa shape index (κ1) is 14.6. The van der Waals surface area contributed by atoms with E-state index in [1.807, 2.05) is 49.0 Å². The fourth-order valence-corrected chi connectivity index (χ4v) is 2.31. The summed E-state index contributed by atoms with van der Waals surface area (Å²) in [6.07, 6.45) is 2.89. The average Bonchev–Trinajstić information content (AvgIpc) is 2.84. The fraction of sp³-hybridized carbons (Fsp3) is 0.438. The number of aryl methyl sites for hydroxylation is 1. The molecule has 20 heavy (non-hydrogen) atoms. The summed E-state index contributed by atoms with van der Waals surface area (Å²) in [6, 6.07) is 7.48. The zero-order chi connectivity index (χ0) is 14.7. The number of benzene rings is 1. The van der Waals surface area contributed by atoms with Crippen molar-refractivity contribution in [1.29, 1.82) is 0 Å². The van der Waals surface area contributed by atoms with Crippen LogP contribution in [0.1, 0.15) is 30.6 Å². The standard InChI is InChI=1S/C16H22N2O2/c1-4-11(2)14(10-19)17-16(20)13-6-5-12-7-8-18(3)15(12)9-13/h5-9,11,14,19H,4,10H2,1-3H3,(H,17,20)/t11-,14+/m0/s1. The number of aliphatic hydroxyl groups excluding tert-OH is 1. The Morgan fingerprint density at radius 1 is 1.40 bits per heavy atom. The fourth-order valence-electron chi connectivity index (χ4n) is 2.31. The lowest BCUT2D eigenvalue weighted by Crippen LogP contribution is -2.41. The quantitative estimate of drug-likeness (QED) is 0.879. The molecule has 1 heterocycles. The summed E-state index contributed by atoms with van der Waals surface area (Å²) in [5.41, 5.74) is 1.66. The van der Waals surface area contributed by atoms with Crippen LogP contribution in [0.15, 0.2) is 30.5 Å². The highest BCUT2D eigenvalue weighted by Crippen LogP contribution is 2.17. The average molecular weight is 274 g/mol. The highest BCUT2D eigenvalue weighted by Gasteiger charge is 2.18. The Bertz CT molecular complexity index is 604. The van der Waals surface area contributed by atoms with E-state index < -0.39 is 0 Å². The maximum atomic E-state index is 12.3. The summed E-state index contributed by atoms with van der Waals surface area (Å²) in [4.78, 5) is 12.3. The normalized spacial score (nSPS) is 14.2. The predicted octanol–water partition coefficient (Wildman–Crippen LogP) is 2.32. The van der Waals surface area contributed by atoms with Crippen LogP contribution in [0.25, 0.3) is 10.9 Å². The van der Waals surface area contributed by atoms with E-state index in [1.165, 1.54) is 0 Å². The Morgan fingerprint density at radius 3 is 2.80 bits per heavy atom. The predicted molar refractivity (Wildman–Crippen MR) is 80.7 cm³/mol. The molecule has 0 saturated carbocycles. The molecule has 4 heteroatoms. The maximum Gasteiger partial charge on any atom is 0.251 e. The number of hydrogen-bond donors (Lipinski definition) is 2. The van der Waals surface area contributed by atoms with Crippen LogP contribution < -0.4 is 5.32 Å². The van der Waals surface area contributed by atoms with E-state index in [9.17, 15) is 9.90 Å². The van der Waals surface area contributed by atoms with Gasteiger partial charge in [-0.05, 0) is 29.5 Å². The maximum absolute atomic E-state index is 12.3. The molecular weight excluding hydrogens is 252 g/mol. The molecule has 0 radical (unpaired) electrons. The molecule has 1 aromatic carbocycles. The SMILES string of the molecule is CC[C@H](C)[C@@H](CO)NC(=O)c1ccc2ccn(C)c2c1. The topological polar surface area (TPSA) is 54.3 Å². The Morgan fingerprint density at radius 2 is 2.15 bits per heavy atom. The molecule has 1 aromatic heterocycles. The van der Waals surface area contributed by atoms with Gasteiger partial charge in [-0.1, -0.05) is 26.3 Å². The smallest absolute Gasteiger partial charge is 0.251 e. The van der Waals surface area contributed by atoms with Crippen LogP contribution in [-0.2, 0) is 7.05 Å². The van der Waals surface area contributed by atoms with Crippen molar-refractivity contribution in [2.24, 2.45) is 13.0 Å². The molecule has 1 amide bonds. The summed E-state index contributed by atoms with van der Waals surface area (Å²) < 4.78 is 1.99. The van der Waals surface area contributed by atoms with E-state index in [0.29, 0.717) is 5.56 Å². The van der Waals surface area contributed by atoms with Crippen molar-refractivity contribution in [1.82, 2.24) is 9.88 Å². The molecule has 0 saturated heterocycles. The number of nitrogens with zero attached hydrogens (tertiary/aromatic N) is 1. The van der Waals surface area contributed by atoms with Gasteiger partial charge in [0.15, 0.2) is 0 Å². The van der Waals surface area contributed by atoms with Crippen LogP contribution in [0.5, 0.6) is 0 Å². The van der Waals surface area contributed by atoms with Gasteiger partial charge in [-0.2, -0.15) is 0 Å². The van der Waals surface area contributed by atoms with Crippen molar-refractivity contribution in [3.8, 4) is 0 Å². The highest BCUT2D eigenvalue weighted by atomic mass is 16.3. The van der Waals surface area contributed by atoms with Crippen LogP contribution in [-0.4, -0.2) is 28.2 Å². The first-order valence-corrected chi connectivity index (χ1v) is 7.03. The third-order valence-corrected chi connectivity index (χ3v) is 3.99. The van der Waals surface area contributed by atoms with Crippen molar-refractivity contribution in [3.05, 3.63) is 36.0 Å². The Hall–Kier alpha value is -1.81. The lowest BCUT2D eigenvalue weighted by molar-refractivity contribution is 0.0891. The van der Waals surface area contributed by atoms with Gasteiger partial charge in [-0.15, -0.1) is 0 Å². The summed E-state index contributed by atoms with van der Waals surface area (Å²) in [6.45, 7) is 4.05. The minimum absolute atomic E-state index is 0.0346. The second kappa shape index (κ2) is 6.09. The van der Waals surface area contributed by atoms with Gasteiger partial charge < -0.3 is 15.0 Å². The number of nitrogens with one attached hydrogen (secondary N) is 1. The molecule has 2 atom stereocenters. The number of hydrogen-bond acceptors (Lipinski definition) is 2. The molecular formula is C16H22N2O2. The number of aliphatic hydroxyl groups is 1. The number of aromatic nitrogens is 1. The van der Waals surface area contributed by atoms with Crippen LogP contribution in [0.3, 0.4) is 0 Å². The number of fused-ring (bicyclic) bond motifs is 1. The van der Waals surface area contributed by atoms with E-state index in [1.54, 1.807) is 0 Å². The van der Waals surface area contributed by atoms with Crippen molar-refractivity contribution in [3.63, 3.8) is 0 Å². The van der Waals surface area contributed by atoms with Crippen molar-refractivity contribution >= 4 is 16.8 Å². The van der Waals surface area contributed by atoms with E-state index in [0.717, 1.165) is 17.3 Å². The van der Waals surface area contributed by atoms with Crippen LogP contribution >= 0.6 is 0 Å². The van der Waals surface area contributed by atoms with E-state index >= 15 is 0 Å². The molecule has 2 rings (SSSR count). The zero-order valence-electron chi connectivity index (χ0n) is 12.3. The van der Waals surface area contributed by atoms with E-state index in [-0.39, 0.29) is 24.5 Å². The summed E-state index contributed by atoms with van der Waals surface area (Å²) >= 11 is 0. The van der Waals surface area contributed by atoms with Gasteiger partial charge in [0.2, 0.25) is 0 Å². The molecule has 0 aliphatic heterocycles. The lowest BCUT2D eigenvalue weighted by Gasteiger charge is -2.22. The molecule has 0 spiro atoms. The van der Waals surface area contributed by atoms with Gasteiger partial charge >= 0.3 is 0 Å². The van der Waals surface area contributed by atoms with Crippen LogP contribution in [0, 0.1) is 5.92 Å². The molecule has 2 N–H and O–H groups in total. The third kappa shape index (κ3) is 2.85. The second-order valence-corrected chi connectivity index (χ2v) is 5.35. The van der Waals surface area contributed by atoms with Gasteiger partial charge in [0.25, 0.3) is 5.91 Å². The minimum atomic E-state index is -0.198. The molecule has 4 nitrogen and oxygen atoms in total. The first-order valence-electron chi connectivity index (χ1n) is 7.03. The number of carbonyl (C=O) groups excluding carboxylic acids is 1. The Balaban J connectivity index is 2.20. The number of amides is 1. The zero-order valence-corrected chi connectivity index (χ0v) is 12.3. The lowest BCUT2D eigenvalue weighted by atomic mass is 9.99. The van der Waals surface area contributed by atoms with Crippen molar-refractivity contribution in [2.45, 2.75) is 26.3 Å². The largest absolute Gasteiger partial charge is 0.394 e. The molecule has 0 bridgehead atoms. The van der Waals surface area contributed by atoms with Gasteiger partial charge in [0.05, 0.1) is 12.6 Å². The first-order chi connectivity index (χ1) is 9.56. The van der Waals surface area contributed by atoms with Crippen molar-refractivity contribution < 1.29 is 9.90 Å². The van der Waals surface area contributed by atoms with Gasteiger partial charge in [0, 0.05) is 24.3 Å². The third-order valence-electron chi connectivity index (χ3n) is 3.99. The van der Waals surface area contributed by atoms with Crippen molar-refractivity contribution in [2.75, 3.05) is 6.61 Å². The van der Waals surface area contributed by atoms with E-state index in [4.69, 9.17) is 0 Å². The van der Waals surface area contributed by atoms with Crippen LogP contribution in [0.2, 0.25) is 0 Å². The summed E-state index contributed by atoms with van der Waals surface area (Å²) in [5, 5.41) is 13.4. The Labute approximate surface area is 119 Å². The Kier molecular flexibility index (Phi) is 4.45. The number of carbonyl (C=O) groups is 1. The molecule has 0 aliphatic carbocycles. The molecule has 0 fully saturated rings. The van der Waals surface area contributed by atoms with Gasteiger partial charge in [-0.25, -0.2) is 0 Å². The van der Waals surface area contributed by atoms with E-state index in [2.05, 4.69) is 12.2 Å². The molecule has 2 aromatic rings.